The highest BCUT2D eigenvalue weighted by Gasteiger charge is 2.35. The molecule has 4 rings (SSSR count). The highest BCUT2D eigenvalue weighted by Crippen LogP contribution is 2.44. The van der Waals surface area contributed by atoms with Gasteiger partial charge >= 0.3 is 0 Å². The van der Waals surface area contributed by atoms with Crippen molar-refractivity contribution in [3.05, 3.63) is 75.3 Å². The molecule has 8 nitrogen and oxygen atoms in total. The van der Waals surface area contributed by atoms with Crippen LogP contribution in [0.4, 0.5) is 0 Å². The number of nitrogens with zero attached hydrogens (tertiary/aromatic N) is 2. The predicted octanol–water partition coefficient (Wildman–Crippen LogP) is 4.15. The zero-order valence-corrected chi connectivity index (χ0v) is 19.3. The van der Waals surface area contributed by atoms with Crippen molar-refractivity contribution in [1.29, 1.82) is 5.26 Å². The Morgan fingerprint density at radius 2 is 1.82 bits per heavy atom. The van der Waals surface area contributed by atoms with Crippen LogP contribution in [-0.2, 0) is 6.61 Å². The molecule has 0 unspecified atom stereocenters. The van der Waals surface area contributed by atoms with Crippen LogP contribution in [0, 0.1) is 32.1 Å². The van der Waals surface area contributed by atoms with Crippen LogP contribution in [0.2, 0.25) is 0 Å². The van der Waals surface area contributed by atoms with Crippen molar-refractivity contribution >= 4 is 0 Å². The molecule has 0 saturated heterocycles. The molecule has 2 aromatic carbocycles. The van der Waals surface area contributed by atoms with Crippen LogP contribution in [-0.4, -0.2) is 24.4 Å². The Kier molecular flexibility index (Phi) is 5.88. The Morgan fingerprint density at radius 3 is 2.45 bits per heavy atom. The number of nitriles is 1. The van der Waals surface area contributed by atoms with E-state index in [0.29, 0.717) is 28.7 Å². The quantitative estimate of drug-likeness (QED) is 0.584. The molecule has 3 aromatic rings. The van der Waals surface area contributed by atoms with Crippen LogP contribution in [0.3, 0.4) is 0 Å². The van der Waals surface area contributed by atoms with E-state index in [4.69, 9.17) is 24.7 Å². The topological polar surface area (TPSA) is 115 Å². The number of ether oxygens (including phenoxy) is 4. The minimum Gasteiger partial charge on any atom is -0.493 e. The van der Waals surface area contributed by atoms with Gasteiger partial charge in [-0.1, -0.05) is 18.2 Å². The number of hydrogen-bond acceptors (Lipinski definition) is 7. The molecular formula is C25H26N4O4. The summed E-state index contributed by atoms with van der Waals surface area (Å²) in [6, 6.07) is 11.9. The van der Waals surface area contributed by atoms with Crippen LogP contribution in [0.1, 0.15) is 39.4 Å². The van der Waals surface area contributed by atoms with Gasteiger partial charge in [-0.2, -0.15) is 5.26 Å². The second-order valence-electron chi connectivity index (χ2n) is 7.91. The summed E-state index contributed by atoms with van der Waals surface area (Å²) in [4.78, 5) is 0. The summed E-state index contributed by atoms with van der Waals surface area (Å²) < 4.78 is 22.6. The van der Waals surface area contributed by atoms with Gasteiger partial charge in [0.1, 0.15) is 18.2 Å². The van der Waals surface area contributed by atoms with Gasteiger partial charge in [0.2, 0.25) is 17.5 Å². The van der Waals surface area contributed by atoms with Gasteiger partial charge in [-0.05, 0) is 55.2 Å². The van der Waals surface area contributed by atoms with E-state index in [9.17, 15) is 5.26 Å². The molecule has 0 fully saturated rings. The number of H-pyrrole nitrogens is 1. The Labute approximate surface area is 192 Å². The third-order valence-electron chi connectivity index (χ3n) is 5.92. The number of aromatic amines is 1. The predicted molar refractivity (Wildman–Crippen MR) is 122 cm³/mol. The van der Waals surface area contributed by atoms with Crippen molar-refractivity contribution in [3.63, 3.8) is 0 Å². The van der Waals surface area contributed by atoms with E-state index in [1.807, 2.05) is 39.0 Å². The summed E-state index contributed by atoms with van der Waals surface area (Å²) >= 11 is 0. The molecular weight excluding hydrogens is 420 g/mol. The van der Waals surface area contributed by atoms with E-state index in [0.717, 1.165) is 33.5 Å². The highest BCUT2D eigenvalue weighted by atomic mass is 16.5. The lowest BCUT2D eigenvalue weighted by Crippen LogP contribution is -2.21. The van der Waals surface area contributed by atoms with Crippen molar-refractivity contribution in [3.8, 4) is 29.2 Å². The minimum absolute atomic E-state index is 0.0676. The lowest BCUT2D eigenvalue weighted by molar-refractivity contribution is 0.265. The SMILES string of the molecule is COc1cccc(OC)c1OCc1cc([C@H]2C(C#N)=C(N)Oc3n[nH]c(C)c32)c(C)cc1C. The smallest absolute Gasteiger partial charge is 0.244 e. The maximum Gasteiger partial charge on any atom is 0.244 e. The third kappa shape index (κ3) is 3.82. The molecule has 1 aliphatic heterocycles. The van der Waals surface area contributed by atoms with Gasteiger partial charge in [0.15, 0.2) is 11.5 Å². The number of nitrogens with two attached hydrogens (primary N) is 1. The summed E-state index contributed by atoms with van der Waals surface area (Å²) in [5, 5.41) is 17.0. The van der Waals surface area contributed by atoms with Gasteiger partial charge in [-0.15, -0.1) is 5.10 Å². The van der Waals surface area contributed by atoms with Gasteiger partial charge in [0.05, 0.1) is 20.1 Å². The average Bonchev–Trinajstić information content (AvgIpc) is 3.17. The number of hydrogen-bond donors (Lipinski definition) is 2. The van der Waals surface area contributed by atoms with Crippen molar-refractivity contribution in [2.45, 2.75) is 33.3 Å². The Hall–Kier alpha value is -4.12. The summed E-state index contributed by atoms with van der Waals surface area (Å²) in [5.41, 5.74) is 12.1. The van der Waals surface area contributed by atoms with E-state index >= 15 is 0 Å². The molecule has 0 saturated carbocycles. The molecule has 33 heavy (non-hydrogen) atoms. The van der Waals surface area contributed by atoms with Crippen molar-refractivity contribution in [2.75, 3.05) is 14.2 Å². The van der Waals surface area contributed by atoms with Gasteiger partial charge in [0, 0.05) is 11.3 Å². The van der Waals surface area contributed by atoms with Gasteiger partial charge < -0.3 is 24.7 Å². The van der Waals surface area contributed by atoms with E-state index in [2.05, 4.69) is 28.4 Å². The molecule has 0 bridgehead atoms. The first-order chi connectivity index (χ1) is 15.9. The molecule has 0 spiro atoms. The molecule has 0 aliphatic carbocycles. The minimum atomic E-state index is -0.391. The maximum absolute atomic E-state index is 9.88. The number of allylic oxidation sites excluding steroid dienone is 1. The van der Waals surface area contributed by atoms with Crippen LogP contribution in [0.25, 0.3) is 0 Å². The van der Waals surface area contributed by atoms with Crippen LogP contribution < -0.4 is 24.7 Å². The molecule has 1 aromatic heterocycles. The first-order valence-corrected chi connectivity index (χ1v) is 10.5. The molecule has 1 aliphatic rings. The number of methoxy groups -OCH3 is 2. The Morgan fingerprint density at radius 1 is 1.12 bits per heavy atom. The van der Waals surface area contributed by atoms with E-state index in [-0.39, 0.29) is 12.5 Å². The number of rotatable bonds is 6. The van der Waals surface area contributed by atoms with Crippen molar-refractivity contribution < 1.29 is 18.9 Å². The number of para-hydroxylation sites is 1. The van der Waals surface area contributed by atoms with Crippen LogP contribution in [0.15, 0.2) is 41.8 Å². The molecule has 2 heterocycles. The fraction of sp³-hybridized carbons (Fsp3) is 0.280. The fourth-order valence-electron chi connectivity index (χ4n) is 4.20. The number of nitrogens with one attached hydrogen (secondary N) is 1. The second kappa shape index (κ2) is 8.79. The average molecular weight is 447 g/mol. The van der Waals surface area contributed by atoms with Gasteiger partial charge in [0.25, 0.3) is 0 Å². The molecule has 170 valence electrons. The van der Waals surface area contributed by atoms with E-state index in [1.165, 1.54) is 0 Å². The number of aryl methyl sites for hydroxylation is 3. The molecule has 0 radical (unpaired) electrons. The normalized spacial score (nSPS) is 14.8. The molecule has 8 heteroatoms. The van der Waals surface area contributed by atoms with Crippen LogP contribution >= 0.6 is 0 Å². The maximum atomic E-state index is 9.88. The van der Waals surface area contributed by atoms with Gasteiger partial charge in [-0.25, -0.2) is 0 Å². The zero-order chi connectivity index (χ0) is 23.7. The highest BCUT2D eigenvalue weighted by molar-refractivity contribution is 5.58. The molecule has 1 atom stereocenters. The summed E-state index contributed by atoms with van der Waals surface area (Å²) in [6.45, 7) is 6.24. The first-order valence-electron chi connectivity index (χ1n) is 10.5. The first kappa shape index (κ1) is 22.1. The lowest BCUT2D eigenvalue weighted by atomic mass is 9.81. The molecule has 0 amide bonds. The number of aromatic nitrogens is 2. The van der Waals surface area contributed by atoms with Crippen molar-refractivity contribution in [1.82, 2.24) is 10.2 Å². The summed E-state index contributed by atoms with van der Waals surface area (Å²) in [5.74, 6) is 1.78. The lowest BCUT2D eigenvalue weighted by Gasteiger charge is -2.26. The van der Waals surface area contributed by atoms with Crippen LogP contribution in [0.5, 0.6) is 23.1 Å². The molecule has 3 N–H and O–H groups in total. The number of fused-ring (bicyclic) bond motifs is 1. The Bertz CT molecular complexity index is 1260. The third-order valence-corrected chi connectivity index (χ3v) is 5.92. The summed E-state index contributed by atoms with van der Waals surface area (Å²) in [7, 11) is 3.18. The second-order valence-corrected chi connectivity index (χ2v) is 7.91. The largest absolute Gasteiger partial charge is 0.493 e. The Balaban J connectivity index is 1.77. The monoisotopic (exact) mass is 446 g/mol. The van der Waals surface area contributed by atoms with Crippen molar-refractivity contribution in [2.24, 2.45) is 5.73 Å². The standard InChI is InChI=1S/C25H26N4O4/c1-13-9-14(2)17(22-18(11-26)24(27)33-25-21(22)15(3)28-29-25)10-16(13)12-32-23-19(30-4)7-6-8-20(23)31-5/h6-10,22H,12,27H2,1-5H3,(H,28,29)/t22-/m0/s1. The van der Waals surface area contributed by atoms with E-state index in [1.54, 1.807) is 14.2 Å². The zero-order valence-electron chi connectivity index (χ0n) is 19.3. The summed E-state index contributed by atoms with van der Waals surface area (Å²) in [6.07, 6.45) is 0. The van der Waals surface area contributed by atoms with Gasteiger partial charge in [-0.3, -0.25) is 5.10 Å². The fourth-order valence-corrected chi connectivity index (χ4v) is 4.20. The van der Waals surface area contributed by atoms with E-state index < -0.39 is 5.92 Å². The number of benzene rings is 2.